The molecular formula is C13H10N2O3S2. The molecule has 0 unspecified atom stereocenters. The summed E-state index contributed by atoms with van der Waals surface area (Å²) < 4.78 is 12.3. The number of fused-ring (bicyclic) bond motifs is 1. The van der Waals surface area contributed by atoms with Crippen molar-refractivity contribution < 1.29 is 14.3 Å². The fraction of sp³-hybridized carbons (Fsp3) is 0.154. The van der Waals surface area contributed by atoms with Gasteiger partial charge in [-0.15, -0.1) is 22.7 Å². The predicted molar refractivity (Wildman–Crippen MR) is 78.3 cm³/mol. The van der Waals surface area contributed by atoms with E-state index in [1.807, 2.05) is 17.5 Å². The molecule has 0 aliphatic heterocycles. The van der Waals surface area contributed by atoms with E-state index in [2.05, 4.69) is 9.97 Å². The summed E-state index contributed by atoms with van der Waals surface area (Å²) in [7, 11) is 2.94. The Hall–Kier alpha value is -1.99. The van der Waals surface area contributed by atoms with Gasteiger partial charge in [0.2, 0.25) is 17.5 Å². The number of ether oxygens (including phenoxy) is 2. The van der Waals surface area contributed by atoms with Crippen molar-refractivity contribution in [2.75, 3.05) is 14.2 Å². The summed E-state index contributed by atoms with van der Waals surface area (Å²) in [5.74, 6) is 0.294. The first-order chi connectivity index (χ1) is 9.72. The molecule has 0 radical (unpaired) electrons. The van der Waals surface area contributed by atoms with Crippen molar-refractivity contribution in [1.29, 1.82) is 0 Å². The molecule has 0 fully saturated rings. The third-order valence-electron chi connectivity index (χ3n) is 2.70. The average Bonchev–Trinajstić information content (AvgIpc) is 3.07. The Morgan fingerprint density at radius 3 is 2.80 bits per heavy atom. The molecule has 7 heteroatoms. The lowest BCUT2D eigenvalue weighted by Gasteiger charge is -2.06. The van der Waals surface area contributed by atoms with E-state index in [0.29, 0.717) is 10.8 Å². The summed E-state index contributed by atoms with van der Waals surface area (Å²) >= 11 is 3.05. The fourth-order valence-corrected chi connectivity index (χ4v) is 3.80. The highest BCUT2D eigenvalue weighted by Crippen LogP contribution is 2.32. The van der Waals surface area contributed by atoms with Gasteiger partial charge in [0.25, 0.3) is 0 Å². The van der Waals surface area contributed by atoms with Crippen molar-refractivity contribution in [3.05, 3.63) is 34.3 Å². The molecule has 0 atom stereocenters. The van der Waals surface area contributed by atoms with Gasteiger partial charge in [0, 0.05) is 9.40 Å². The lowest BCUT2D eigenvalue weighted by atomic mass is 10.2. The molecular weight excluding hydrogens is 296 g/mol. The standard InChI is InChI=1S/C13H10N2O3S2/c1-17-10-6-14-11(13(15-10)18-2)12(16)9-5-8-7(20-9)3-4-19-8/h3-6H,1-2H3. The number of methoxy groups -OCH3 is 2. The van der Waals surface area contributed by atoms with E-state index in [0.717, 1.165) is 9.40 Å². The van der Waals surface area contributed by atoms with Gasteiger partial charge in [-0.1, -0.05) is 0 Å². The molecule has 0 aromatic carbocycles. The lowest BCUT2D eigenvalue weighted by Crippen LogP contribution is -2.07. The van der Waals surface area contributed by atoms with Gasteiger partial charge in [-0.3, -0.25) is 4.79 Å². The van der Waals surface area contributed by atoms with Crippen LogP contribution in [0, 0.1) is 0 Å². The zero-order valence-corrected chi connectivity index (χ0v) is 12.4. The molecule has 102 valence electrons. The largest absolute Gasteiger partial charge is 0.480 e. The Bertz CT molecular complexity index is 750. The number of rotatable bonds is 4. The number of hydrogen-bond donors (Lipinski definition) is 0. The second kappa shape index (κ2) is 5.18. The van der Waals surface area contributed by atoms with Crippen LogP contribution in [0.2, 0.25) is 0 Å². The van der Waals surface area contributed by atoms with Gasteiger partial charge < -0.3 is 9.47 Å². The average molecular weight is 306 g/mol. The second-order valence-corrected chi connectivity index (χ2v) is 5.89. The molecule has 0 N–H and O–H groups in total. The van der Waals surface area contributed by atoms with Crippen molar-refractivity contribution in [1.82, 2.24) is 9.97 Å². The Morgan fingerprint density at radius 1 is 1.25 bits per heavy atom. The number of aromatic nitrogens is 2. The van der Waals surface area contributed by atoms with Crippen molar-refractivity contribution in [2.24, 2.45) is 0 Å². The molecule has 0 bridgehead atoms. The van der Waals surface area contributed by atoms with Crippen LogP contribution >= 0.6 is 22.7 Å². The van der Waals surface area contributed by atoms with Crippen LogP contribution in [0.15, 0.2) is 23.7 Å². The van der Waals surface area contributed by atoms with Crippen molar-refractivity contribution in [3.63, 3.8) is 0 Å². The van der Waals surface area contributed by atoms with E-state index in [1.54, 1.807) is 11.3 Å². The van der Waals surface area contributed by atoms with Gasteiger partial charge in [0.05, 0.1) is 25.3 Å². The molecule has 0 spiro atoms. The van der Waals surface area contributed by atoms with Crippen molar-refractivity contribution >= 4 is 37.9 Å². The first-order valence-electron chi connectivity index (χ1n) is 5.69. The number of nitrogens with zero attached hydrogens (tertiary/aromatic N) is 2. The SMILES string of the molecule is COc1cnc(C(=O)c2cc3sccc3s2)c(OC)n1. The van der Waals surface area contributed by atoms with Gasteiger partial charge in [-0.2, -0.15) is 4.98 Å². The Morgan fingerprint density at radius 2 is 2.10 bits per heavy atom. The van der Waals surface area contributed by atoms with Crippen LogP contribution in [-0.2, 0) is 0 Å². The third kappa shape index (κ3) is 2.14. The maximum Gasteiger partial charge on any atom is 0.247 e. The molecule has 0 saturated heterocycles. The van der Waals surface area contributed by atoms with Crippen LogP contribution in [0.25, 0.3) is 9.40 Å². The molecule has 3 rings (SSSR count). The van der Waals surface area contributed by atoms with Crippen LogP contribution in [-0.4, -0.2) is 30.0 Å². The number of carbonyl (C=O) groups excluding carboxylic acids is 1. The van der Waals surface area contributed by atoms with Crippen LogP contribution in [0.4, 0.5) is 0 Å². The molecule has 0 saturated carbocycles. The molecule has 3 heterocycles. The summed E-state index contributed by atoms with van der Waals surface area (Å²) in [5, 5.41) is 2.00. The maximum absolute atomic E-state index is 12.5. The molecule has 0 amide bonds. The minimum atomic E-state index is -0.189. The monoisotopic (exact) mass is 306 g/mol. The van der Waals surface area contributed by atoms with Gasteiger partial charge in [-0.25, -0.2) is 4.98 Å². The summed E-state index contributed by atoms with van der Waals surface area (Å²) in [6.45, 7) is 0. The first kappa shape index (κ1) is 13.0. The summed E-state index contributed by atoms with van der Waals surface area (Å²) in [6.07, 6.45) is 1.41. The summed E-state index contributed by atoms with van der Waals surface area (Å²) in [4.78, 5) is 21.3. The van der Waals surface area contributed by atoms with Crippen LogP contribution < -0.4 is 9.47 Å². The molecule has 5 nitrogen and oxygen atoms in total. The van der Waals surface area contributed by atoms with Crippen molar-refractivity contribution in [2.45, 2.75) is 0 Å². The van der Waals surface area contributed by atoms with Gasteiger partial charge >= 0.3 is 0 Å². The highest BCUT2D eigenvalue weighted by atomic mass is 32.1. The quantitative estimate of drug-likeness (QED) is 0.693. The Balaban J connectivity index is 2.03. The number of ketones is 1. The number of carbonyl (C=O) groups is 1. The highest BCUT2D eigenvalue weighted by molar-refractivity contribution is 7.28. The number of hydrogen-bond acceptors (Lipinski definition) is 7. The molecule has 20 heavy (non-hydrogen) atoms. The van der Waals surface area contributed by atoms with E-state index in [1.165, 1.54) is 31.8 Å². The fourth-order valence-electron chi connectivity index (χ4n) is 1.75. The minimum Gasteiger partial charge on any atom is -0.480 e. The first-order valence-corrected chi connectivity index (χ1v) is 7.39. The lowest BCUT2D eigenvalue weighted by molar-refractivity contribution is 0.103. The van der Waals surface area contributed by atoms with Gasteiger partial charge in [0.1, 0.15) is 0 Å². The van der Waals surface area contributed by atoms with E-state index in [9.17, 15) is 4.79 Å². The van der Waals surface area contributed by atoms with Gasteiger partial charge in [-0.05, 0) is 17.5 Å². The normalized spacial score (nSPS) is 10.7. The summed E-state index contributed by atoms with van der Waals surface area (Å²) in [6, 6.07) is 3.87. The zero-order chi connectivity index (χ0) is 14.1. The number of thiophene rings is 2. The van der Waals surface area contributed by atoms with Crippen molar-refractivity contribution in [3.8, 4) is 11.8 Å². The molecule has 0 aliphatic rings. The minimum absolute atomic E-state index is 0.172. The molecule has 0 aliphatic carbocycles. The van der Waals surface area contributed by atoms with Crippen LogP contribution in [0.3, 0.4) is 0 Å². The van der Waals surface area contributed by atoms with E-state index >= 15 is 0 Å². The third-order valence-corrected chi connectivity index (χ3v) is 4.79. The van der Waals surface area contributed by atoms with E-state index < -0.39 is 0 Å². The zero-order valence-electron chi connectivity index (χ0n) is 10.7. The maximum atomic E-state index is 12.5. The smallest absolute Gasteiger partial charge is 0.247 e. The van der Waals surface area contributed by atoms with Crippen LogP contribution in [0.1, 0.15) is 15.4 Å². The summed E-state index contributed by atoms with van der Waals surface area (Å²) in [5.41, 5.74) is 0.196. The Labute approximate surface area is 122 Å². The Kier molecular flexibility index (Phi) is 3.37. The molecule has 3 aromatic rings. The highest BCUT2D eigenvalue weighted by Gasteiger charge is 2.20. The van der Waals surface area contributed by atoms with E-state index in [-0.39, 0.29) is 17.4 Å². The topological polar surface area (TPSA) is 61.3 Å². The predicted octanol–water partition coefficient (Wildman–Crippen LogP) is 3.00. The van der Waals surface area contributed by atoms with Gasteiger partial charge in [0.15, 0.2) is 5.69 Å². The van der Waals surface area contributed by atoms with Crippen LogP contribution in [0.5, 0.6) is 11.8 Å². The van der Waals surface area contributed by atoms with E-state index in [4.69, 9.17) is 9.47 Å². The molecule has 3 aromatic heterocycles. The second-order valence-electron chi connectivity index (χ2n) is 3.86.